The summed E-state index contributed by atoms with van der Waals surface area (Å²) >= 11 is 6.17. The van der Waals surface area contributed by atoms with Gasteiger partial charge < -0.3 is 10.1 Å². The van der Waals surface area contributed by atoms with Crippen LogP contribution in [0.5, 0.6) is 0 Å². The molecule has 0 radical (unpaired) electrons. The number of carbonyl (C=O) groups excluding carboxylic acids is 2. The molecular weight excluding hydrogens is 452 g/mol. The predicted octanol–water partition coefficient (Wildman–Crippen LogP) is 3.94. The first-order valence-electron chi connectivity index (χ1n) is 10.6. The second-order valence-corrected chi connectivity index (χ2v) is 10.1. The molecule has 0 aromatic heterocycles. The lowest BCUT2D eigenvalue weighted by atomic mass is 10.1. The summed E-state index contributed by atoms with van der Waals surface area (Å²) in [5.41, 5.74) is 0.944. The van der Waals surface area contributed by atoms with Gasteiger partial charge in [0, 0.05) is 13.1 Å². The minimum absolute atomic E-state index is 0.0201. The van der Waals surface area contributed by atoms with Gasteiger partial charge in [0.1, 0.15) is 4.90 Å². The molecule has 3 rings (SSSR count). The van der Waals surface area contributed by atoms with Crippen molar-refractivity contribution in [3.8, 4) is 0 Å². The number of benzene rings is 2. The molecule has 0 aliphatic carbocycles. The van der Waals surface area contributed by atoms with Gasteiger partial charge in [-0.15, -0.1) is 0 Å². The van der Waals surface area contributed by atoms with E-state index in [9.17, 15) is 18.0 Å². The van der Waals surface area contributed by atoms with Crippen LogP contribution in [0.25, 0.3) is 0 Å². The third kappa shape index (κ3) is 6.09. The Balaban J connectivity index is 1.65. The van der Waals surface area contributed by atoms with E-state index in [0.717, 1.165) is 31.2 Å². The Morgan fingerprint density at radius 1 is 1.06 bits per heavy atom. The predicted molar refractivity (Wildman–Crippen MR) is 122 cm³/mol. The molecule has 0 bridgehead atoms. The summed E-state index contributed by atoms with van der Waals surface area (Å²) in [4.78, 5) is 24.5. The fourth-order valence-electron chi connectivity index (χ4n) is 3.57. The summed E-state index contributed by atoms with van der Waals surface area (Å²) in [5, 5.41) is 2.80. The summed E-state index contributed by atoms with van der Waals surface area (Å²) in [5.74, 6) is -1.25. The van der Waals surface area contributed by atoms with Gasteiger partial charge in [0.15, 0.2) is 6.61 Å². The van der Waals surface area contributed by atoms with E-state index in [-0.39, 0.29) is 21.5 Å². The lowest BCUT2D eigenvalue weighted by Gasteiger charge is -2.21. The molecule has 0 unspecified atom stereocenters. The zero-order valence-electron chi connectivity index (χ0n) is 17.9. The van der Waals surface area contributed by atoms with Gasteiger partial charge in [0.25, 0.3) is 5.91 Å². The molecule has 2 aromatic carbocycles. The van der Waals surface area contributed by atoms with Gasteiger partial charge in [-0.3, -0.25) is 4.79 Å². The molecule has 1 amide bonds. The normalized spacial score (nSPS) is 16.1. The van der Waals surface area contributed by atoms with E-state index in [1.54, 1.807) is 0 Å². The smallest absolute Gasteiger partial charge is 0.338 e. The largest absolute Gasteiger partial charge is 0.452 e. The van der Waals surface area contributed by atoms with Crippen molar-refractivity contribution in [1.82, 2.24) is 9.62 Å². The highest BCUT2D eigenvalue weighted by atomic mass is 35.5. The van der Waals surface area contributed by atoms with Gasteiger partial charge in [-0.05, 0) is 43.5 Å². The number of nitrogens with one attached hydrogen (secondary N) is 1. The number of carbonyl (C=O) groups is 2. The van der Waals surface area contributed by atoms with Crippen LogP contribution in [0, 0.1) is 0 Å². The molecule has 1 aliphatic rings. The standard InChI is InChI=1S/C23H27ClN2O5S/c1-17(18-9-5-4-6-10-18)25-22(27)16-31-23(28)19-11-12-20(24)21(15-19)32(29,30)26-13-7-2-3-8-14-26/h4-6,9-12,15,17H,2-3,7-8,13-14,16H2,1H3,(H,25,27)/t17-/m1/s1. The van der Waals surface area contributed by atoms with Crippen molar-refractivity contribution < 1.29 is 22.7 Å². The summed E-state index contributed by atoms with van der Waals surface area (Å²) in [6, 6.07) is 13.1. The number of nitrogens with zero attached hydrogens (tertiary/aromatic N) is 1. The fraction of sp³-hybridized carbons (Fsp3) is 0.391. The Hall–Kier alpha value is -2.42. The van der Waals surface area contributed by atoms with Gasteiger partial charge in [-0.25, -0.2) is 13.2 Å². The highest BCUT2D eigenvalue weighted by molar-refractivity contribution is 7.89. The maximum absolute atomic E-state index is 13.1. The van der Waals surface area contributed by atoms with Crippen LogP contribution in [0.1, 0.15) is 54.6 Å². The van der Waals surface area contributed by atoms with Crippen LogP contribution in [0.3, 0.4) is 0 Å². The molecule has 0 saturated carbocycles. The highest BCUT2D eigenvalue weighted by Crippen LogP contribution is 2.28. The minimum Gasteiger partial charge on any atom is -0.452 e. The van der Waals surface area contributed by atoms with Gasteiger partial charge in [0.05, 0.1) is 16.6 Å². The van der Waals surface area contributed by atoms with E-state index in [1.165, 1.54) is 22.5 Å². The first-order chi connectivity index (χ1) is 15.3. The van der Waals surface area contributed by atoms with Gasteiger partial charge >= 0.3 is 5.97 Å². The van der Waals surface area contributed by atoms with Gasteiger partial charge in [0.2, 0.25) is 10.0 Å². The molecule has 9 heteroatoms. The number of sulfonamides is 1. The Kier molecular flexibility index (Phi) is 8.28. The van der Waals surface area contributed by atoms with Gasteiger partial charge in [-0.1, -0.05) is 54.8 Å². The number of amides is 1. The maximum Gasteiger partial charge on any atom is 0.338 e. The lowest BCUT2D eigenvalue weighted by molar-refractivity contribution is -0.124. The zero-order valence-corrected chi connectivity index (χ0v) is 19.5. The summed E-state index contributed by atoms with van der Waals surface area (Å²) < 4.78 is 32.7. The van der Waals surface area contributed by atoms with Gasteiger partial charge in [-0.2, -0.15) is 4.31 Å². The molecule has 1 saturated heterocycles. The average Bonchev–Trinajstić information content (AvgIpc) is 3.08. The molecule has 32 heavy (non-hydrogen) atoms. The topological polar surface area (TPSA) is 92.8 Å². The van der Waals surface area contributed by atoms with Crippen molar-refractivity contribution in [2.24, 2.45) is 0 Å². The van der Waals surface area contributed by atoms with E-state index >= 15 is 0 Å². The molecule has 2 aromatic rings. The monoisotopic (exact) mass is 478 g/mol. The SMILES string of the molecule is C[C@@H](NC(=O)COC(=O)c1ccc(Cl)c(S(=O)(=O)N2CCCCCC2)c1)c1ccccc1. The van der Waals surface area contributed by atoms with E-state index in [2.05, 4.69) is 5.32 Å². The molecular formula is C23H27ClN2O5S. The minimum atomic E-state index is -3.84. The third-order valence-corrected chi connectivity index (χ3v) is 7.74. The van der Waals surface area contributed by atoms with Crippen LogP contribution in [0.15, 0.2) is 53.4 Å². The number of hydrogen-bond donors (Lipinski definition) is 1. The highest BCUT2D eigenvalue weighted by Gasteiger charge is 2.28. The quantitative estimate of drug-likeness (QED) is 0.608. The average molecular weight is 479 g/mol. The Morgan fingerprint density at radius 2 is 1.72 bits per heavy atom. The van der Waals surface area contributed by atoms with Crippen LogP contribution in [0.4, 0.5) is 0 Å². The number of hydrogen-bond acceptors (Lipinski definition) is 5. The van der Waals surface area contributed by atoms with Crippen LogP contribution in [-0.4, -0.2) is 44.3 Å². The van der Waals surface area contributed by atoms with Crippen LogP contribution in [-0.2, 0) is 19.6 Å². The second kappa shape index (κ2) is 10.9. The Labute approximate surface area is 193 Å². The van der Waals surface area contributed by atoms with Crippen molar-refractivity contribution in [3.05, 3.63) is 64.7 Å². The lowest BCUT2D eigenvalue weighted by Crippen LogP contribution is -2.32. The van der Waals surface area contributed by atoms with E-state index in [1.807, 2.05) is 37.3 Å². The van der Waals surface area contributed by atoms with Crippen LogP contribution < -0.4 is 5.32 Å². The molecule has 0 spiro atoms. The molecule has 1 fully saturated rings. The molecule has 1 aliphatic heterocycles. The van der Waals surface area contributed by atoms with Crippen molar-refractivity contribution in [2.45, 2.75) is 43.5 Å². The summed E-state index contributed by atoms with van der Waals surface area (Å²) in [7, 11) is -3.84. The summed E-state index contributed by atoms with van der Waals surface area (Å²) in [6.45, 7) is 2.20. The van der Waals surface area contributed by atoms with E-state index in [0.29, 0.717) is 13.1 Å². The Morgan fingerprint density at radius 3 is 2.38 bits per heavy atom. The molecule has 7 nitrogen and oxygen atoms in total. The Bertz CT molecular complexity index is 1050. The number of halogens is 1. The van der Waals surface area contributed by atoms with Crippen molar-refractivity contribution in [2.75, 3.05) is 19.7 Å². The number of ether oxygens (including phenoxy) is 1. The molecule has 1 atom stereocenters. The van der Waals surface area contributed by atoms with Crippen molar-refractivity contribution in [1.29, 1.82) is 0 Å². The molecule has 172 valence electrons. The zero-order chi connectivity index (χ0) is 23.1. The van der Waals surface area contributed by atoms with E-state index < -0.39 is 28.5 Å². The number of esters is 1. The maximum atomic E-state index is 13.1. The second-order valence-electron chi connectivity index (χ2n) is 7.74. The fourth-order valence-corrected chi connectivity index (χ4v) is 5.59. The van der Waals surface area contributed by atoms with Crippen molar-refractivity contribution >= 4 is 33.5 Å². The first-order valence-corrected chi connectivity index (χ1v) is 12.4. The van der Waals surface area contributed by atoms with Crippen LogP contribution >= 0.6 is 11.6 Å². The summed E-state index contributed by atoms with van der Waals surface area (Å²) in [6.07, 6.45) is 3.54. The first kappa shape index (κ1) is 24.2. The van der Waals surface area contributed by atoms with E-state index in [4.69, 9.17) is 16.3 Å². The third-order valence-electron chi connectivity index (χ3n) is 5.36. The number of rotatable bonds is 7. The molecule has 1 N–H and O–H groups in total. The van der Waals surface area contributed by atoms with Crippen LogP contribution in [0.2, 0.25) is 5.02 Å². The molecule has 1 heterocycles. The van der Waals surface area contributed by atoms with Crippen molar-refractivity contribution in [3.63, 3.8) is 0 Å².